The van der Waals surface area contributed by atoms with E-state index in [0.717, 1.165) is 30.7 Å². The number of aliphatic hydroxyl groups is 1. The van der Waals surface area contributed by atoms with Crippen molar-refractivity contribution in [2.75, 3.05) is 26.0 Å². The van der Waals surface area contributed by atoms with Crippen molar-refractivity contribution in [3.8, 4) is 5.75 Å². The summed E-state index contributed by atoms with van der Waals surface area (Å²) < 4.78 is 5.07. The Morgan fingerprint density at radius 3 is 2.65 bits per heavy atom. The molecular formula is C15H22N2O3. The summed E-state index contributed by atoms with van der Waals surface area (Å²) in [7, 11) is 3.36. The minimum atomic E-state index is -0.272. The molecule has 2 amide bonds. The van der Waals surface area contributed by atoms with Gasteiger partial charge in [0.1, 0.15) is 5.75 Å². The van der Waals surface area contributed by atoms with Crippen LogP contribution in [0.1, 0.15) is 19.3 Å². The highest BCUT2D eigenvalue weighted by Crippen LogP contribution is 2.26. The molecule has 1 aromatic carbocycles. The fraction of sp³-hybridized carbons (Fsp3) is 0.533. The smallest absolute Gasteiger partial charge is 0.321 e. The summed E-state index contributed by atoms with van der Waals surface area (Å²) in [4.78, 5) is 13.7. The van der Waals surface area contributed by atoms with Gasteiger partial charge in [-0.2, -0.15) is 0 Å². The number of hydrogen-bond acceptors (Lipinski definition) is 3. The minimum Gasteiger partial charge on any atom is -0.497 e. The molecule has 110 valence electrons. The molecule has 1 aromatic rings. The van der Waals surface area contributed by atoms with Gasteiger partial charge in [-0.05, 0) is 37.1 Å². The quantitative estimate of drug-likeness (QED) is 0.888. The Labute approximate surface area is 119 Å². The Kier molecular flexibility index (Phi) is 4.84. The summed E-state index contributed by atoms with van der Waals surface area (Å²) in [5, 5.41) is 12.6. The van der Waals surface area contributed by atoms with Crippen LogP contribution < -0.4 is 10.1 Å². The highest BCUT2D eigenvalue weighted by atomic mass is 16.5. The monoisotopic (exact) mass is 278 g/mol. The lowest BCUT2D eigenvalue weighted by Crippen LogP contribution is -2.37. The molecule has 1 aliphatic rings. The molecule has 1 fully saturated rings. The van der Waals surface area contributed by atoms with Gasteiger partial charge in [-0.3, -0.25) is 0 Å². The number of nitrogens with zero attached hydrogens (tertiary/aromatic N) is 1. The maximum absolute atomic E-state index is 12.1. The topological polar surface area (TPSA) is 61.8 Å². The summed E-state index contributed by atoms with van der Waals surface area (Å²) in [6.45, 7) is 0.586. The number of rotatable bonds is 4. The third-order valence-electron chi connectivity index (χ3n) is 3.82. The van der Waals surface area contributed by atoms with Crippen molar-refractivity contribution in [3.05, 3.63) is 24.3 Å². The molecule has 0 bridgehead atoms. The molecule has 1 saturated carbocycles. The largest absolute Gasteiger partial charge is 0.497 e. The zero-order chi connectivity index (χ0) is 14.5. The van der Waals surface area contributed by atoms with Gasteiger partial charge >= 0.3 is 6.03 Å². The van der Waals surface area contributed by atoms with E-state index in [1.807, 2.05) is 0 Å². The molecule has 2 N–H and O–H groups in total. The number of anilines is 1. The fourth-order valence-electron chi connectivity index (χ4n) is 2.56. The molecule has 0 radical (unpaired) electrons. The van der Waals surface area contributed by atoms with Crippen LogP contribution in [-0.4, -0.2) is 42.8 Å². The van der Waals surface area contributed by atoms with E-state index in [2.05, 4.69) is 5.32 Å². The Morgan fingerprint density at radius 2 is 2.10 bits per heavy atom. The number of amides is 2. The Morgan fingerprint density at radius 1 is 1.40 bits per heavy atom. The van der Waals surface area contributed by atoms with Gasteiger partial charge in [0.2, 0.25) is 0 Å². The van der Waals surface area contributed by atoms with E-state index in [0.29, 0.717) is 6.54 Å². The molecule has 0 saturated heterocycles. The SMILES string of the molecule is COc1ccc(NC(=O)N(C)CC2CCCC2O)cc1. The zero-order valence-electron chi connectivity index (χ0n) is 12.0. The Bertz CT molecular complexity index is 447. The highest BCUT2D eigenvalue weighted by molar-refractivity contribution is 5.89. The first-order valence-electron chi connectivity index (χ1n) is 6.94. The first-order chi connectivity index (χ1) is 9.60. The lowest BCUT2D eigenvalue weighted by molar-refractivity contribution is 0.116. The number of carbonyl (C=O) groups excluding carboxylic acids is 1. The predicted molar refractivity (Wildman–Crippen MR) is 78.0 cm³/mol. The number of ether oxygens (including phenoxy) is 1. The van der Waals surface area contributed by atoms with Crippen molar-refractivity contribution >= 4 is 11.7 Å². The molecule has 20 heavy (non-hydrogen) atoms. The number of aliphatic hydroxyl groups excluding tert-OH is 1. The molecule has 2 unspecified atom stereocenters. The second-order valence-corrected chi connectivity index (χ2v) is 5.30. The molecule has 0 heterocycles. The van der Waals surface area contributed by atoms with Crippen LogP contribution in [0.5, 0.6) is 5.75 Å². The van der Waals surface area contributed by atoms with E-state index in [1.165, 1.54) is 0 Å². The number of nitrogens with one attached hydrogen (secondary N) is 1. The maximum atomic E-state index is 12.1. The van der Waals surface area contributed by atoms with Crippen LogP contribution in [0.2, 0.25) is 0 Å². The van der Waals surface area contributed by atoms with Crippen molar-refractivity contribution in [3.63, 3.8) is 0 Å². The van der Waals surface area contributed by atoms with Crippen molar-refractivity contribution in [2.45, 2.75) is 25.4 Å². The first kappa shape index (κ1) is 14.7. The molecular weight excluding hydrogens is 256 g/mol. The van der Waals surface area contributed by atoms with Gasteiger partial charge in [0.05, 0.1) is 13.2 Å². The fourth-order valence-corrected chi connectivity index (χ4v) is 2.56. The van der Waals surface area contributed by atoms with Crippen LogP contribution >= 0.6 is 0 Å². The number of urea groups is 1. The van der Waals surface area contributed by atoms with Crippen LogP contribution in [0.4, 0.5) is 10.5 Å². The van der Waals surface area contributed by atoms with Crippen LogP contribution in [0.3, 0.4) is 0 Å². The lowest BCUT2D eigenvalue weighted by Gasteiger charge is -2.23. The standard InChI is InChI=1S/C15H22N2O3/c1-17(10-11-4-3-5-14(11)18)15(19)16-12-6-8-13(20-2)9-7-12/h6-9,11,14,18H,3-5,10H2,1-2H3,(H,16,19). The van der Waals surface area contributed by atoms with E-state index in [9.17, 15) is 9.90 Å². The van der Waals surface area contributed by atoms with Gasteiger partial charge in [0.15, 0.2) is 0 Å². The predicted octanol–water partition coefficient (Wildman–Crippen LogP) is 2.32. The second kappa shape index (κ2) is 6.61. The van der Waals surface area contributed by atoms with E-state index in [4.69, 9.17) is 4.74 Å². The summed E-state index contributed by atoms with van der Waals surface area (Å²) in [5.74, 6) is 0.951. The van der Waals surface area contributed by atoms with Crippen molar-refractivity contribution in [1.82, 2.24) is 4.90 Å². The van der Waals surface area contributed by atoms with Crippen LogP contribution in [0, 0.1) is 5.92 Å². The summed E-state index contributed by atoms with van der Waals surface area (Å²) in [6, 6.07) is 7.05. The Hall–Kier alpha value is -1.75. The lowest BCUT2D eigenvalue weighted by atomic mass is 10.1. The number of methoxy groups -OCH3 is 1. The number of benzene rings is 1. The van der Waals surface area contributed by atoms with E-state index >= 15 is 0 Å². The molecule has 0 aliphatic heterocycles. The average Bonchev–Trinajstić information content (AvgIpc) is 2.85. The van der Waals surface area contributed by atoms with Crippen molar-refractivity contribution in [2.24, 2.45) is 5.92 Å². The van der Waals surface area contributed by atoms with Crippen LogP contribution in [0.25, 0.3) is 0 Å². The molecule has 2 rings (SSSR count). The molecule has 0 spiro atoms. The van der Waals surface area contributed by atoms with E-state index < -0.39 is 0 Å². The molecule has 2 atom stereocenters. The third kappa shape index (κ3) is 3.63. The third-order valence-corrected chi connectivity index (χ3v) is 3.82. The van der Waals surface area contributed by atoms with Gasteiger partial charge in [0, 0.05) is 25.2 Å². The van der Waals surface area contributed by atoms with Gasteiger partial charge in [-0.1, -0.05) is 6.42 Å². The maximum Gasteiger partial charge on any atom is 0.321 e. The average molecular weight is 278 g/mol. The summed E-state index contributed by atoms with van der Waals surface area (Å²) in [6.07, 6.45) is 2.60. The Balaban J connectivity index is 1.86. The van der Waals surface area contributed by atoms with Gasteiger partial charge < -0.3 is 20.1 Å². The molecule has 1 aliphatic carbocycles. The van der Waals surface area contributed by atoms with Crippen molar-refractivity contribution < 1.29 is 14.6 Å². The van der Waals surface area contributed by atoms with Crippen molar-refractivity contribution in [1.29, 1.82) is 0 Å². The van der Waals surface area contributed by atoms with Crippen LogP contribution in [-0.2, 0) is 0 Å². The van der Waals surface area contributed by atoms with Crippen LogP contribution in [0.15, 0.2) is 24.3 Å². The van der Waals surface area contributed by atoms with Gasteiger partial charge in [-0.25, -0.2) is 4.79 Å². The second-order valence-electron chi connectivity index (χ2n) is 5.30. The number of hydrogen-bond donors (Lipinski definition) is 2. The molecule has 5 heteroatoms. The van der Waals surface area contributed by atoms with E-state index in [1.54, 1.807) is 43.3 Å². The normalized spacial score (nSPS) is 21.6. The van der Waals surface area contributed by atoms with Gasteiger partial charge in [0.25, 0.3) is 0 Å². The molecule has 0 aromatic heterocycles. The molecule has 5 nitrogen and oxygen atoms in total. The van der Waals surface area contributed by atoms with E-state index in [-0.39, 0.29) is 18.1 Å². The summed E-state index contributed by atoms with van der Waals surface area (Å²) >= 11 is 0. The number of carbonyl (C=O) groups is 1. The zero-order valence-corrected chi connectivity index (χ0v) is 12.0. The minimum absolute atomic E-state index is 0.158. The first-order valence-corrected chi connectivity index (χ1v) is 6.94. The highest BCUT2D eigenvalue weighted by Gasteiger charge is 2.27. The van der Waals surface area contributed by atoms with Gasteiger partial charge in [-0.15, -0.1) is 0 Å². The summed E-state index contributed by atoms with van der Waals surface area (Å²) in [5.41, 5.74) is 0.731.